The summed E-state index contributed by atoms with van der Waals surface area (Å²) in [6.07, 6.45) is 2.22. The predicted molar refractivity (Wildman–Crippen MR) is 60.6 cm³/mol. The highest BCUT2D eigenvalue weighted by Crippen LogP contribution is 2.20. The zero-order valence-corrected chi connectivity index (χ0v) is 9.31. The lowest BCUT2D eigenvalue weighted by Gasteiger charge is -2.00. The van der Waals surface area contributed by atoms with Crippen molar-refractivity contribution in [3.8, 4) is 11.3 Å². The van der Waals surface area contributed by atoms with E-state index in [1.165, 1.54) is 0 Å². The van der Waals surface area contributed by atoms with E-state index >= 15 is 0 Å². The standard InChI is InChI=1S/C11H7BrN2O/c12-9-3-1-2-8(6-9)10-4-5-13-11(7-15)14-10/h1-7H. The molecule has 0 aliphatic rings. The van der Waals surface area contributed by atoms with E-state index in [1.54, 1.807) is 12.3 Å². The first-order chi connectivity index (χ1) is 7.29. The maximum atomic E-state index is 10.5. The Balaban J connectivity index is 2.49. The second kappa shape index (κ2) is 4.31. The van der Waals surface area contributed by atoms with Gasteiger partial charge in [0, 0.05) is 16.2 Å². The van der Waals surface area contributed by atoms with E-state index in [1.807, 2.05) is 24.3 Å². The minimum absolute atomic E-state index is 0.201. The number of carbonyl (C=O) groups is 1. The van der Waals surface area contributed by atoms with Crippen LogP contribution in [0.25, 0.3) is 11.3 Å². The van der Waals surface area contributed by atoms with Crippen molar-refractivity contribution in [3.63, 3.8) is 0 Å². The van der Waals surface area contributed by atoms with Gasteiger partial charge in [0.25, 0.3) is 0 Å². The predicted octanol–water partition coefficient (Wildman–Crippen LogP) is 2.72. The number of aromatic nitrogens is 2. The molecule has 0 N–H and O–H groups in total. The molecule has 1 aromatic carbocycles. The van der Waals surface area contributed by atoms with Crippen molar-refractivity contribution < 1.29 is 4.79 Å². The summed E-state index contributed by atoms with van der Waals surface area (Å²) in [6.45, 7) is 0. The molecule has 0 fully saturated rings. The SMILES string of the molecule is O=Cc1nccc(-c2cccc(Br)c2)n1. The van der Waals surface area contributed by atoms with Crippen LogP contribution in [0.1, 0.15) is 10.6 Å². The quantitative estimate of drug-likeness (QED) is 0.782. The van der Waals surface area contributed by atoms with Gasteiger partial charge in [-0.05, 0) is 18.2 Å². The van der Waals surface area contributed by atoms with Gasteiger partial charge in [-0.25, -0.2) is 9.97 Å². The van der Waals surface area contributed by atoms with Crippen LogP contribution in [-0.4, -0.2) is 16.3 Å². The van der Waals surface area contributed by atoms with Crippen LogP contribution in [0.3, 0.4) is 0 Å². The van der Waals surface area contributed by atoms with E-state index in [2.05, 4.69) is 25.9 Å². The fourth-order valence-corrected chi connectivity index (χ4v) is 1.64. The van der Waals surface area contributed by atoms with Crippen molar-refractivity contribution in [2.24, 2.45) is 0 Å². The lowest BCUT2D eigenvalue weighted by atomic mass is 10.1. The highest BCUT2D eigenvalue weighted by atomic mass is 79.9. The first-order valence-electron chi connectivity index (χ1n) is 4.34. The first-order valence-corrected chi connectivity index (χ1v) is 5.13. The molecule has 0 saturated carbocycles. The Labute approximate surface area is 95.3 Å². The van der Waals surface area contributed by atoms with E-state index in [0.29, 0.717) is 6.29 Å². The van der Waals surface area contributed by atoms with E-state index in [4.69, 9.17) is 0 Å². The number of hydrogen-bond acceptors (Lipinski definition) is 3. The summed E-state index contributed by atoms with van der Waals surface area (Å²) in [5, 5.41) is 0. The van der Waals surface area contributed by atoms with Crippen molar-refractivity contribution in [3.05, 3.63) is 46.8 Å². The number of benzene rings is 1. The fraction of sp³-hybridized carbons (Fsp3) is 0. The number of hydrogen-bond donors (Lipinski definition) is 0. The molecular formula is C11H7BrN2O. The fourth-order valence-electron chi connectivity index (χ4n) is 1.24. The van der Waals surface area contributed by atoms with E-state index in [0.717, 1.165) is 15.7 Å². The molecule has 0 unspecified atom stereocenters. The van der Waals surface area contributed by atoms with Crippen LogP contribution in [0.15, 0.2) is 41.0 Å². The van der Waals surface area contributed by atoms with Gasteiger partial charge in [0.05, 0.1) is 5.69 Å². The summed E-state index contributed by atoms with van der Waals surface area (Å²) >= 11 is 3.38. The smallest absolute Gasteiger partial charge is 0.193 e. The molecule has 0 bridgehead atoms. The van der Waals surface area contributed by atoms with Gasteiger partial charge in [-0.1, -0.05) is 28.1 Å². The third kappa shape index (κ3) is 2.27. The highest BCUT2D eigenvalue weighted by molar-refractivity contribution is 9.10. The van der Waals surface area contributed by atoms with Gasteiger partial charge in [-0.2, -0.15) is 0 Å². The number of nitrogens with zero attached hydrogens (tertiary/aromatic N) is 2. The highest BCUT2D eigenvalue weighted by Gasteiger charge is 2.01. The second-order valence-corrected chi connectivity index (χ2v) is 3.84. The van der Waals surface area contributed by atoms with Crippen LogP contribution >= 0.6 is 15.9 Å². The molecule has 4 heteroatoms. The largest absolute Gasteiger partial charge is 0.294 e. The van der Waals surface area contributed by atoms with E-state index in [-0.39, 0.29) is 5.82 Å². The molecule has 1 heterocycles. The van der Waals surface area contributed by atoms with E-state index < -0.39 is 0 Å². The molecule has 0 aliphatic heterocycles. The third-order valence-corrected chi connectivity index (χ3v) is 2.39. The molecule has 74 valence electrons. The molecule has 2 aromatic rings. The number of aldehydes is 1. The van der Waals surface area contributed by atoms with Crippen LogP contribution in [0, 0.1) is 0 Å². The summed E-state index contributed by atoms with van der Waals surface area (Å²) in [5.41, 5.74) is 1.70. The van der Waals surface area contributed by atoms with Crippen molar-refractivity contribution in [2.45, 2.75) is 0 Å². The molecule has 0 saturated heterocycles. The molecule has 0 aliphatic carbocycles. The minimum atomic E-state index is 0.201. The molecular weight excluding hydrogens is 256 g/mol. The normalized spacial score (nSPS) is 9.93. The Bertz CT molecular complexity index is 499. The average Bonchev–Trinajstić information content (AvgIpc) is 2.29. The van der Waals surface area contributed by atoms with Crippen LogP contribution in [0.4, 0.5) is 0 Å². The average molecular weight is 263 g/mol. The van der Waals surface area contributed by atoms with Crippen molar-refractivity contribution in [2.75, 3.05) is 0 Å². The molecule has 1 aromatic heterocycles. The Morgan fingerprint density at radius 1 is 1.27 bits per heavy atom. The molecule has 0 spiro atoms. The van der Waals surface area contributed by atoms with Gasteiger partial charge in [0.15, 0.2) is 12.1 Å². The van der Waals surface area contributed by atoms with Gasteiger partial charge >= 0.3 is 0 Å². The number of halogens is 1. The van der Waals surface area contributed by atoms with Crippen LogP contribution in [0.2, 0.25) is 0 Å². The molecule has 0 radical (unpaired) electrons. The lowest BCUT2D eigenvalue weighted by molar-refractivity contribution is 0.111. The first kappa shape index (κ1) is 9.98. The van der Waals surface area contributed by atoms with Gasteiger partial charge in [-0.3, -0.25) is 4.79 Å². The summed E-state index contributed by atoms with van der Waals surface area (Å²) in [7, 11) is 0. The van der Waals surface area contributed by atoms with Gasteiger partial charge in [0.1, 0.15) is 0 Å². The summed E-state index contributed by atoms with van der Waals surface area (Å²) < 4.78 is 0.978. The molecule has 2 rings (SSSR count). The van der Waals surface area contributed by atoms with E-state index in [9.17, 15) is 4.79 Å². The zero-order valence-electron chi connectivity index (χ0n) is 7.72. The van der Waals surface area contributed by atoms with Crippen LogP contribution < -0.4 is 0 Å². The Morgan fingerprint density at radius 3 is 2.87 bits per heavy atom. The monoisotopic (exact) mass is 262 g/mol. The number of carbonyl (C=O) groups excluding carboxylic acids is 1. The maximum Gasteiger partial charge on any atom is 0.193 e. The molecule has 0 atom stereocenters. The van der Waals surface area contributed by atoms with Gasteiger partial charge < -0.3 is 0 Å². The lowest BCUT2D eigenvalue weighted by Crippen LogP contribution is -1.93. The Morgan fingerprint density at radius 2 is 2.13 bits per heavy atom. The summed E-state index contributed by atoms with van der Waals surface area (Å²) in [5.74, 6) is 0.201. The Hall–Kier alpha value is -1.55. The molecule has 15 heavy (non-hydrogen) atoms. The van der Waals surface area contributed by atoms with Crippen molar-refractivity contribution >= 4 is 22.2 Å². The molecule has 3 nitrogen and oxygen atoms in total. The maximum absolute atomic E-state index is 10.5. The minimum Gasteiger partial charge on any atom is -0.294 e. The van der Waals surface area contributed by atoms with Gasteiger partial charge in [-0.15, -0.1) is 0 Å². The van der Waals surface area contributed by atoms with Crippen molar-refractivity contribution in [1.82, 2.24) is 9.97 Å². The zero-order chi connectivity index (χ0) is 10.7. The van der Waals surface area contributed by atoms with Crippen LogP contribution in [-0.2, 0) is 0 Å². The number of rotatable bonds is 2. The summed E-state index contributed by atoms with van der Waals surface area (Å²) in [4.78, 5) is 18.4. The topological polar surface area (TPSA) is 42.9 Å². The third-order valence-electron chi connectivity index (χ3n) is 1.90. The second-order valence-electron chi connectivity index (χ2n) is 2.93. The summed E-state index contributed by atoms with van der Waals surface area (Å²) in [6, 6.07) is 9.50. The van der Waals surface area contributed by atoms with Crippen molar-refractivity contribution in [1.29, 1.82) is 0 Å². The Kier molecular flexibility index (Phi) is 2.87. The van der Waals surface area contributed by atoms with Gasteiger partial charge in [0.2, 0.25) is 0 Å². The van der Waals surface area contributed by atoms with Crippen LogP contribution in [0.5, 0.6) is 0 Å². The molecule has 0 amide bonds.